The predicted octanol–water partition coefficient (Wildman–Crippen LogP) is 5.58. The fourth-order valence-corrected chi connectivity index (χ4v) is 3.49. The van der Waals surface area contributed by atoms with Gasteiger partial charge in [-0.2, -0.15) is 0 Å². The minimum absolute atomic E-state index is 0.120. The summed E-state index contributed by atoms with van der Waals surface area (Å²) in [6.07, 6.45) is 0.749. The number of thiazole rings is 1. The van der Waals surface area contributed by atoms with Gasteiger partial charge in [-0.1, -0.05) is 29.3 Å². The Labute approximate surface area is 176 Å². The van der Waals surface area contributed by atoms with Crippen molar-refractivity contribution >= 4 is 57.2 Å². The number of carbonyl (C=O) groups excluding carboxylic acids is 2. The highest BCUT2D eigenvalue weighted by Crippen LogP contribution is 2.23. The summed E-state index contributed by atoms with van der Waals surface area (Å²) < 4.78 is 0. The molecule has 5 nitrogen and oxygen atoms in total. The lowest BCUT2D eigenvalue weighted by Gasteiger charge is -2.09. The topological polar surface area (TPSA) is 71.1 Å². The quantitative estimate of drug-likeness (QED) is 0.532. The third-order valence-corrected chi connectivity index (χ3v) is 5.50. The molecule has 2 amide bonds. The molecule has 2 N–H and O–H groups in total. The number of aryl methyl sites for hydroxylation is 1. The average Bonchev–Trinajstić information content (AvgIpc) is 3.11. The molecule has 0 spiro atoms. The third kappa shape index (κ3) is 5.32. The largest absolute Gasteiger partial charge is 0.326 e. The van der Waals surface area contributed by atoms with Gasteiger partial charge < -0.3 is 5.32 Å². The maximum absolute atomic E-state index is 12.2. The van der Waals surface area contributed by atoms with Gasteiger partial charge in [-0.3, -0.25) is 14.9 Å². The number of rotatable bonds is 6. The van der Waals surface area contributed by atoms with Crippen molar-refractivity contribution < 1.29 is 9.59 Å². The van der Waals surface area contributed by atoms with Crippen LogP contribution in [0.1, 0.15) is 28.0 Å². The van der Waals surface area contributed by atoms with Crippen molar-refractivity contribution in [1.29, 1.82) is 0 Å². The number of nitrogens with zero attached hydrogens (tertiary/aromatic N) is 1. The molecule has 1 heterocycles. The number of carbonyl (C=O) groups is 2. The molecule has 1 aromatic heterocycles. The van der Waals surface area contributed by atoms with Crippen molar-refractivity contribution in [2.45, 2.75) is 19.8 Å². The number of aromatic nitrogens is 1. The standard InChI is InChI=1S/C20H17Cl2N3O2S/c1-12-16(22)3-2-4-17(12)24-18(26)10-9-15-11-28-20(23-15)25-19(27)13-5-7-14(21)8-6-13/h2-8,11H,9-10H2,1H3,(H,24,26)(H,23,25,27). The van der Waals surface area contributed by atoms with Gasteiger partial charge in [0.25, 0.3) is 5.91 Å². The van der Waals surface area contributed by atoms with E-state index in [0.717, 1.165) is 11.3 Å². The van der Waals surface area contributed by atoms with Crippen molar-refractivity contribution in [3.05, 3.63) is 74.7 Å². The van der Waals surface area contributed by atoms with E-state index < -0.39 is 0 Å². The molecule has 144 valence electrons. The zero-order chi connectivity index (χ0) is 20.1. The van der Waals surface area contributed by atoms with E-state index >= 15 is 0 Å². The number of hydrogen-bond acceptors (Lipinski definition) is 4. The number of halogens is 2. The van der Waals surface area contributed by atoms with Gasteiger partial charge in [0, 0.05) is 33.1 Å². The third-order valence-electron chi connectivity index (χ3n) is 4.03. The van der Waals surface area contributed by atoms with Crippen LogP contribution in [0.5, 0.6) is 0 Å². The normalized spacial score (nSPS) is 10.5. The van der Waals surface area contributed by atoms with E-state index in [0.29, 0.717) is 32.8 Å². The van der Waals surface area contributed by atoms with Crippen LogP contribution in [0.2, 0.25) is 10.0 Å². The summed E-state index contributed by atoms with van der Waals surface area (Å²) in [5.41, 5.74) is 2.77. The molecule has 0 saturated carbocycles. The Morgan fingerprint density at radius 1 is 1.07 bits per heavy atom. The number of amides is 2. The van der Waals surface area contributed by atoms with E-state index in [1.165, 1.54) is 11.3 Å². The van der Waals surface area contributed by atoms with Crippen LogP contribution in [-0.2, 0) is 11.2 Å². The van der Waals surface area contributed by atoms with Crippen molar-refractivity contribution in [2.24, 2.45) is 0 Å². The number of anilines is 2. The minimum atomic E-state index is -0.258. The lowest BCUT2D eigenvalue weighted by atomic mass is 10.2. The molecule has 0 aliphatic rings. The zero-order valence-electron chi connectivity index (χ0n) is 15.0. The molecule has 0 bridgehead atoms. The first-order valence-corrected chi connectivity index (χ1v) is 10.1. The van der Waals surface area contributed by atoms with E-state index in [4.69, 9.17) is 23.2 Å². The van der Waals surface area contributed by atoms with Crippen molar-refractivity contribution in [2.75, 3.05) is 10.6 Å². The summed E-state index contributed by atoms with van der Waals surface area (Å²) in [7, 11) is 0. The Morgan fingerprint density at radius 2 is 1.82 bits per heavy atom. The molecule has 28 heavy (non-hydrogen) atoms. The van der Waals surface area contributed by atoms with Crippen molar-refractivity contribution in [3.8, 4) is 0 Å². The van der Waals surface area contributed by atoms with E-state index in [1.54, 1.807) is 36.4 Å². The summed E-state index contributed by atoms with van der Waals surface area (Å²) >= 11 is 13.2. The summed E-state index contributed by atoms with van der Waals surface area (Å²) in [6, 6.07) is 12.0. The Hall–Kier alpha value is -2.41. The molecule has 0 fully saturated rings. The summed E-state index contributed by atoms with van der Waals surface area (Å²) in [6.45, 7) is 1.86. The van der Waals surface area contributed by atoms with E-state index in [-0.39, 0.29) is 18.2 Å². The second-order valence-electron chi connectivity index (χ2n) is 6.07. The second-order valence-corrected chi connectivity index (χ2v) is 7.77. The van der Waals surface area contributed by atoms with Crippen LogP contribution in [-0.4, -0.2) is 16.8 Å². The lowest BCUT2D eigenvalue weighted by Crippen LogP contribution is -2.13. The maximum Gasteiger partial charge on any atom is 0.257 e. The van der Waals surface area contributed by atoms with Gasteiger partial charge in [0.15, 0.2) is 5.13 Å². The van der Waals surface area contributed by atoms with Gasteiger partial charge in [-0.05, 0) is 55.3 Å². The molecule has 0 radical (unpaired) electrons. The molecule has 0 unspecified atom stereocenters. The lowest BCUT2D eigenvalue weighted by molar-refractivity contribution is -0.116. The predicted molar refractivity (Wildman–Crippen MR) is 115 cm³/mol. The molecule has 0 aliphatic heterocycles. The van der Waals surface area contributed by atoms with Crippen molar-refractivity contribution in [1.82, 2.24) is 4.98 Å². The Kier molecular flexibility index (Phi) is 6.67. The highest BCUT2D eigenvalue weighted by molar-refractivity contribution is 7.14. The molecule has 2 aromatic carbocycles. The summed E-state index contributed by atoms with van der Waals surface area (Å²) in [5, 5.41) is 9.10. The van der Waals surface area contributed by atoms with Gasteiger partial charge in [0.05, 0.1) is 5.69 Å². The van der Waals surface area contributed by atoms with Crippen LogP contribution in [0.3, 0.4) is 0 Å². The van der Waals surface area contributed by atoms with Crippen LogP contribution >= 0.6 is 34.5 Å². The zero-order valence-corrected chi connectivity index (χ0v) is 17.3. The first kappa shape index (κ1) is 20.3. The van der Waals surface area contributed by atoms with E-state index in [2.05, 4.69) is 15.6 Å². The van der Waals surface area contributed by atoms with E-state index in [9.17, 15) is 9.59 Å². The number of benzene rings is 2. The molecular weight excluding hydrogens is 417 g/mol. The molecule has 0 atom stereocenters. The van der Waals surface area contributed by atoms with Gasteiger partial charge in [0.1, 0.15) is 0 Å². The van der Waals surface area contributed by atoms with E-state index in [1.807, 2.05) is 18.4 Å². The van der Waals surface area contributed by atoms with Crippen molar-refractivity contribution in [3.63, 3.8) is 0 Å². The SMILES string of the molecule is Cc1c(Cl)cccc1NC(=O)CCc1csc(NC(=O)c2ccc(Cl)cc2)n1. The minimum Gasteiger partial charge on any atom is -0.326 e. The van der Waals surface area contributed by atoms with Crippen LogP contribution in [0.4, 0.5) is 10.8 Å². The summed E-state index contributed by atoms with van der Waals surface area (Å²) in [5.74, 6) is -0.378. The Bertz CT molecular complexity index is 1000. The van der Waals surface area contributed by atoms with Gasteiger partial charge in [-0.15, -0.1) is 11.3 Å². The monoisotopic (exact) mass is 433 g/mol. The second kappa shape index (κ2) is 9.19. The number of hydrogen-bond donors (Lipinski definition) is 2. The molecular formula is C20H17Cl2N3O2S. The molecule has 8 heteroatoms. The number of nitrogens with one attached hydrogen (secondary N) is 2. The Balaban J connectivity index is 1.53. The van der Waals surface area contributed by atoms with Crippen LogP contribution < -0.4 is 10.6 Å². The fraction of sp³-hybridized carbons (Fsp3) is 0.150. The average molecular weight is 434 g/mol. The van der Waals surface area contributed by atoms with Gasteiger partial charge in [0.2, 0.25) is 5.91 Å². The van der Waals surface area contributed by atoms with Crippen LogP contribution in [0.15, 0.2) is 47.8 Å². The molecule has 3 rings (SSSR count). The molecule has 0 aliphatic carbocycles. The van der Waals surface area contributed by atoms with Gasteiger partial charge >= 0.3 is 0 Å². The smallest absolute Gasteiger partial charge is 0.257 e. The maximum atomic E-state index is 12.2. The van der Waals surface area contributed by atoms with Crippen LogP contribution in [0.25, 0.3) is 0 Å². The first-order valence-electron chi connectivity index (χ1n) is 8.48. The summed E-state index contributed by atoms with van der Waals surface area (Å²) in [4.78, 5) is 28.8. The highest BCUT2D eigenvalue weighted by atomic mass is 35.5. The molecule has 3 aromatic rings. The van der Waals surface area contributed by atoms with Crippen LogP contribution in [0, 0.1) is 6.92 Å². The van der Waals surface area contributed by atoms with Gasteiger partial charge in [-0.25, -0.2) is 4.98 Å². The highest BCUT2D eigenvalue weighted by Gasteiger charge is 2.11. The first-order chi connectivity index (χ1) is 13.4. The Morgan fingerprint density at radius 3 is 2.57 bits per heavy atom. The fourth-order valence-electron chi connectivity index (χ4n) is 2.45. The molecule has 0 saturated heterocycles.